The van der Waals surface area contributed by atoms with Crippen molar-refractivity contribution in [3.63, 3.8) is 0 Å². The van der Waals surface area contributed by atoms with Gasteiger partial charge in [-0.3, -0.25) is 9.59 Å². The molecular weight excluding hydrogens is 545 g/mol. The molecule has 1 aliphatic heterocycles. The van der Waals surface area contributed by atoms with Gasteiger partial charge < -0.3 is 10.2 Å². The van der Waals surface area contributed by atoms with E-state index in [0.29, 0.717) is 35.1 Å². The zero-order valence-electron chi connectivity index (χ0n) is 21.5. The molecule has 2 amide bonds. The van der Waals surface area contributed by atoms with Crippen LogP contribution in [-0.4, -0.2) is 54.7 Å². The minimum absolute atomic E-state index is 0.0724. The fourth-order valence-electron chi connectivity index (χ4n) is 5.37. The third-order valence-electron chi connectivity index (χ3n) is 8.13. The van der Waals surface area contributed by atoms with Crippen LogP contribution in [-0.2, 0) is 19.4 Å². The van der Waals surface area contributed by atoms with E-state index in [9.17, 15) is 41.7 Å². The van der Waals surface area contributed by atoms with Crippen molar-refractivity contribution >= 4 is 21.7 Å². The Labute approximate surface area is 229 Å². The monoisotopic (exact) mass is 570 g/mol. The third kappa shape index (κ3) is 4.50. The Balaban J connectivity index is 1.47. The highest BCUT2D eigenvalue weighted by Crippen LogP contribution is 2.59. The highest BCUT2D eigenvalue weighted by atomic mass is 32.2. The van der Waals surface area contributed by atoms with E-state index in [1.165, 1.54) is 6.07 Å². The van der Waals surface area contributed by atoms with Crippen LogP contribution in [0.4, 0.5) is 13.2 Å². The molecule has 3 aliphatic rings. The van der Waals surface area contributed by atoms with Crippen molar-refractivity contribution in [2.45, 2.75) is 66.9 Å². The Morgan fingerprint density at radius 2 is 1.75 bits per heavy atom. The number of benzene rings is 2. The number of sulfone groups is 1. The number of amides is 2. The lowest BCUT2D eigenvalue weighted by molar-refractivity contribution is -0.199. The highest BCUT2D eigenvalue weighted by molar-refractivity contribution is 7.92. The summed E-state index contributed by atoms with van der Waals surface area (Å²) in [5.41, 5.74) is -1.79. The normalized spacial score (nSPS) is 22.6. The van der Waals surface area contributed by atoms with Gasteiger partial charge in [0, 0.05) is 6.54 Å². The summed E-state index contributed by atoms with van der Waals surface area (Å²) >= 11 is 0. The zero-order valence-corrected chi connectivity index (χ0v) is 22.3. The Bertz CT molecular complexity index is 1600. The molecule has 2 aromatic rings. The molecule has 1 saturated heterocycles. The second-order valence-electron chi connectivity index (χ2n) is 10.8. The van der Waals surface area contributed by atoms with Gasteiger partial charge in [-0.25, -0.2) is 8.42 Å². The van der Waals surface area contributed by atoms with Gasteiger partial charge in [0.25, 0.3) is 0 Å². The van der Waals surface area contributed by atoms with Gasteiger partial charge in [0.1, 0.15) is 17.0 Å². The molecule has 40 heavy (non-hydrogen) atoms. The van der Waals surface area contributed by atoms with Crippen LogP contribution in [0.2, 0.25) is 0 Å². The number of nitriles is 2. The molecule has 0 radical (unpaired) electrons. The fraction of sp³-hybridized carbons (Fsp3) is 0.429. The summed E-state index contributed by atoms with van der Waals surface area (Å²) in [6, 6.07) is 14.0. The number of nitrogens with one attached hydrogen (secondary N) is 1. The van der Waals surface area contributed by atoms with Crippen LogP contribution in [0.5, 0.6) is 0 Å². The molecule has 2 aromatic carbocycles. The van der Waals surface area contributed by atoms with Crippen molar-refractivity contribution in [2.24, 2.45) is 5.41 Å². The van der Waals surface area contributed by atoms with E-state index in [1.54, 1.807) is 43.3 Å². The van der Waals surface area contributed by atoms with E-state index in [-0.39, 0.29) is 4.90 Å². The maximum atomic E-state index is 13.8. The minimum Gasteiger partial charge on any atom is -0.336 e. The van der Waals surface area contributed by atoms with Crippen LogP contribution >= 0.6 is 0 Å². The molecule has 0 aromatic heterocycles. The first kappa shape index (κ1) is 27.7. The largest absolute Gasteiger partial charge is 0.403 e. The van der Waals surface area contributed by atoms with Crippen molar-refractivity contribution in [2.75, 3.05) is 6.54 Å². The Morgan fingerprint density at radius 1 is 1.07 bits per heavy atom. The minimum atomic E-state index is -4.83. The molecule has 1 heterocycles. The van der Waals surface area contributed by atoms with E-state index >= 15 is 0 Å². The maximum Gasteiger partial charge on any atom is 0.403 e. The average Bonchev–Trinajstić information content (AvgIpc) is 3.84. The van der Waals surface area contributed by atoms with Gasteiger partial charge in [0.05, 0.1) is 27.8 Å². The molecule has 8 nitrogen and oxygen atoms in total. The van der Waals surface area contributed by atoms with E-state index < -0.39 is 75.9 Å². The Hall–Kier alpha value is -3.90. The number of halogens is 3. The number of alkyl halides is 3. The van der Waals surface area contributed by atoms with Crippen LogP contribution in [0.15, 0.2) is 47.4 Å². The Kier molecular flexibility index (Phi) is 6.46. The van der Waals surface area contributed by atoms with Gasteiger partial charge >= 0.3 is 6.18 Å². The second-order valence-corrected chi connectivity index (χ2v) is 13.0. The van der Waals surface area contributed by atoms with E-state index in [1.807, 2.05) is 6.07 Å². The van der Waals surface area contributed by atoms with Crippen molar-refractivity contribution in [3.05, 3.63) is 53.6 Å². The van der Waals surface area contributed by atoms with Crippen molar-refractivity contribution in [1.82, 2.24) is 10.2 Å². The lowest BCUT2D eigenvalue weighted by Crippen LogP contribution is -2.53. The number of carbonyl (C=O) groups excluding carboxylic acids is 2. The number of carbonyl (C=O) groups is 2. The van der Waals surface area contributed by atoms with Crippen molar-refractivity contribution in [1.29, 1.82) is 10.5 Å². The molecule has 1 N–H and O–H groups in total. The molecule has 5 rings (SSSR count). The summed E-state index contributed by atoms with van der Waals surface area (Å²) in [5, 5.41) is 20.0. The third-order valence-corrected chi connectivity index (χ3v) is 10.4. The number of aryl methyl sites for hydroxylation is 1. The maximum absolute atomic E-state index is 13.8. The van der Waals surface area contributed by atoms with Gasteiger partial charge in [-0.15, -0.1) is 0 Å². The highest BCUT2D eigenvalue weighted by Gasteiger charge is 2.70. The lowest BCUT2D eigenvalue weighted by Gasteiger charge is -2.29. The van der Waals surface area contributed by atoms with Crippen molar-refractivity contribution < 1.29 is 31.2 Å². The number of hydrogen-bond acceptors (Lipinski definition) is 6. The first-order valence-electron chi connectivity index (χ1n) is 12.7. The number of likely N-dealkylation sites (tertiary alicyclic amines) is 1. The predicted octanol–water partition coefficient (Wildman–Crippen LogP) is 3.79. The lowest BCUT2D eigenvalue weighted by atomic mass is 9.99. The first-order valence-corrected chi connectivity index (χ1v) is 14.3. The van der Waals surface area contributed by atoms with Gasteiger partial charge in [-0.1, -0.05) is 30.3 Å². The molecule has 2 saturated carbocycles. The smallest absolute Gasteiger partial charge is 0.336 e. The van der Waals surface area contributed by atoms with Crippen molar-refractivity contribution in [3.8, 4) is 23.3 Å². The second kappa shape index (κ2) is 9.34. The summed E-state index contributed by atoms with van der Waals surface area (Å²) in [5.74, 6) is -2.14. The van der Waals surface area contributed by atoms with Gasteiger partial charge in [0.15, 0.2) is 9.84 Å². The van der Waals surface area contributed by atoms with Crippen LogP contribution in [0.1, 0.15) is 43.2 Å². The molecule has 12 heteroatoms. The number of nitrogens with zero attached hydrogens (tertiary/aromatic N) is 3. The molecule has 0 unspecified atom stereocenters. The summed E-state index contributed by atoms with van der Waals surface area (Å²) < 4.78 is 69.0. The fourth-order valence-corrected chi connectivity index (χ4v) is 7.29. The van der Waals surface area contributed by atoms with Gasteiger partial charge in [-0.05, 0) is 67.9 Å². The van der Waals surface area contributed by atoms with Crippen LogP contribution < -0.4 is 5.32 Å². The van der Waals surface area contributed by atoms with Gasteiger partial charge in [0.2, 0.25) is 11.8 Å². The number of hydrogen-bond donors (Lipinski definition) is 1. The Morgan fingerprint density at radius 3 is 2.30 bits per heavy atom. The zero-order chi connectivity index (χ0) is 29.1. The molecule has 2 aliphatic carbocycles. The van der Waals surface area contributed by atoms with Gasteiger partial charge in [-0.2, -0.15) is 23.7 Å². The van der Waals surface area contributed by atoms with E-state index in [2.05, 4.69) is 11.4 Å². The predicted molar refractivity (Wildman–Crippen MR) is 136 cm³/mol. The summed E-state index contributed by atoms with van der Waals surface area (Å²) in [7, 11) is -4.20. The standard InChI is InChI=1S/C28H25F3N4O4S/c1-17-12-18(21-5-3-2-4-19(21)14-32)6-7-23(17)40(38,39)20-13-22(24(36)34-26(16-33)8-9-26)35(15-20)25(37)27(10-11-27)28(29,30)31/h2-7,12,20,22H,8-11,13,15H2,1H3,(H,34,36)/t20-,22+/m1/s1. The van der Waals surface area contributed by atoms with Crippen LogP contribution in [0.3, 0.4) is 0 Å². The van der Waals surface area contributed by atoms with Crippen LogP contribution in [0.25, 0.3) is 11.1 Å². The summed E-state index contributed by atoms with van der Waals surface area (Å²) in [6.45, 7) is 0.995. The molecule has 0 bridgehead atoms. The molecular formula is C28H25F3N4O4S. The van der Waals surface area contributed by atoms with E-state index in [4.69, 9.17) is 0 Å². The molecule has 208 valence electrons. The molecule has 3 fully saturated rings. The summed E-state index contributed by atoms with van der Waals surface area (Å²) in [6.07, 6.45) is -5.35. The van der Waals surface area contributed by atoms with E-state index in [0.717, 1.165) is 4.90 Å². The quantitative estimate of drug-likeness (QED) is 0.562. The molecule has 2 atom stereocenters. The topological polar surface area (TPSA) is 131 Å². The van der Waals surface area contributed by atoms with Crippen LogP contribution in [0, 0.1) is 35.0 Å². The average molecular weight is 571 g/mol. The number of rotatable bonds is 6. The molecule has 0 spiro atoms. The summed E-state index contributed by atoms with van der Waals surface area (Å²) in [4.78, 5) is 27.0. The first-order chi connectivity index (χ1) is 18.8. The SMILES string of the molecule is Cc1cc(-c2ccccc2C#N)ccc1S(=O)(=O)[C@@H]1C[C@@H](C(=O)NC2(C#N)CC2)N(C(=O)C2(C(F)(F)F)CC2)C1.